The van der Waals surface area contributed by atoms with Crippen LogP contribution in [0.25, 0.3) is 10.2 Å². The van der Waals surface area contributed by atoms with Gasteiger partial charge in [0, 0.05) is 16.8 Å². The fourth-order valence-electron chi connectivity index (χ4n) is 2.87. The van der Waals surface area contributed by atoms with Crippen molar-refractivity contribution in [2.24, 2.45) is 0 Å². The maximum absolute atomic E-state index is 12.8. The molecule has 7 heteroatoms. The molecule has 6 nitrogen and oxygen atoms in total. The van der Waals surface area contributed by atoms with Crippen LogP contribution in [0.4, 0.5) is 5.69 Å². The second-order valence-electron chi connectivity index (χ2n) is 6.07. The summed E-state index contributed by atoms with van der Waals surface area (Å²) in [6, 6.07) is 5.07. The number of esters is 1. The summed E-state index contributed by atoms with van der Waals surface area (Å²) in [7, 11) is 1.33. The number of carbonyl (C=O) groups excluding carboxylic acids is 2. The summed E-state index contributed by atoms with van der Waals surface area (Å²) in [6.45, 7) is 7.52. The average Bonchev–Trinajstić information content (AvgIpc) is 2.92. The molecule has 2 heterocycles. The van der Waals surface area contributed by atoms with Crippen LogP contribution in [0.2, 0.25) is 0 Å². The molecule has 0 saturated carbocycles. The number of methoxy groups -OCH3 is 1. The smallest absolute Gasteiger partial charge is 0.337 e. The molecular formula is C19H19N3O3S. The van der Waals surface area contributed by atoms with Gasteiger partial charge >= 0.3 is 5.97 Å². The van der Waals surface area contributed by atoms with E-state index in [2.05, 4.69) is 15.3 Å². The van der Waals surface area contributed by atoms with E-state index in [4.69, 9.17) is 4.74 Å². The molecule has 0 aliphatic rings. The number of aromatic nitrogens is 2. The van der Waals surface area contributed by atoms with E-state index in [0.29, 0.717) is 22.0 Å². The fraction of sp³-hybridized carbons (Fsp3) is 0.263. The zero-order valence-corrected chi connectivity index (χ0v) is 16.1. The highest BCUT2D eigenvalue weighted by atomic mass is 32.1. The summed E-state index contributed by atoms with van der Waals surface area (Å²) < 4.78 is 4.74. The van der Waals surface area contributed by atoms with E-state index < -0.39 is 5.97 Å². The van der Waals surface area contributed by atoms with Gasteiger partial charge in [0.15, 0.2) is 0 Å². The minimum Gasteiger partial charge on any atom is -0.465 e. The van der Waals surface area contributed by atoms with Crippen molar-refractivity contribution < 1.29 is 14.3 Å². The second-order valence-corrected chi connectivity index (χ2v) is 7.07. The van der Waals surface area contributed by atoms with Crippen LogP contribution in [0.5, 0.6) is 0 Å². The van der Waals surface area contributed by atoms with Crippen molar-refractivity contribution in [1.82, 2.24) is 9.97 Å². The van der Waals surface area contributed by atoms with Crippen LogP contribution in [0.15, 0.2) is 18.2 Å². The van der Waals surface area contributed by atoms with Crippen LogP contribution in [-0.2, 0) is 4.74 Å². The molecule has 0 atom stereocenters. The molecule has 1 amide bonds. The van der Waals surface area contributed by atoms with Gasteiger partial charge in [-0.15, -0.1) is 11.3 Å². The predicted molar refractivity (Wildman–Crippen MR) is 102 cm³/mol. The maximum Gasteiger partial charge on any atom is 0.337 e. The Morgan fingerprint density at radius 1 is 1.12 bits per heavy atom. The van der Waals surface area contributed by atoms with Gasteiger partial charge in [0.1, 0.15) is 10.7 Å². The minimum atomic E-state index is -0.445. The number of amides is 1. The Bertz CT molecular complexity index is 1040. The van der Waals surface area contributed by atoms with Crippen LogP contribution in [0.1, 0.15) is 42.7 Å². The van der Waals surface area contributed by atoms with Crippen molar-refractivity contribution in [2.75, 3.05) is 12.4 Å². The van der Waals surface area contributed by atoms with Gasteiger partial charge in [0.05, 0.1) is 17.6 Å². The normalized spacial score (nSPS) is 10.8. The number of rotatable bonds is 3. The number of anilines is 1. The first-order chi connectivity index (χ1) is 12.3. The number of fused-ring (bicyclic) bond motifs is 1. The van der Waals surface area contributed by atoms with Gasteiger partial charge < -0.3 is 10.1 Å². The molecule has 1 N–H and O–H groups in total. The number of aryl methyl sites for hydroxylation is 4. The first-order valence-corrected chi connectivity index (χ1v) is 8.88. The van der Waals surface area contributed by atoms with Crippen molar-refractivity contribution in [1.29, 1.82) is 0 Å². The molecule has 2 aromatic heterocycles. The number of ether oxygens (including phenoxy) is 1. The molecule has 3 aromatic rings. The Morgan fingerprint density at radius 2 is 1.85 bits per heavy atom. The van der Waals surface area contributed by atoms with Gasteiger partial charge in [-0.3, -0.25) is 4.79 Å². The monoisotopic (exact) mass is 369 g/mol. The van der Waals surface area contributed by atoms with Crippen molar-refractivity contribution in [3.63, 3.8) is 0 Å². The Balaban J connectivity index is 1.99. The lowest BCUT2D eigenvalue weighted by Crippen LogP contribution is -2.13. The Kier molecular flexibility index (Phi) is 4.73. The Hall–Kier alpha value is -2.80. The standard InChI is InChI=1S/C19H19N3O3S/c1-9-6-7-13(19(24)25-5)8-14(9)22-17(23)16-10(2)15-11(3)20-12(4)21-18(15)26-16/h6-8H,1-5H3,(H,22,23). The number of carbonyl (C=O) groups is 2. The van der Waals surface area contributed by atoms with Crippen LogP contribution in [-0.4, -0.2) is 29.0 Å². The molecule has 0 saturated heterocycles. The van der Waals surface area contributed by atoms with Gasteiger partial charge in [-0.25, -0.2) is 14.8 Å². The van der Waals surface area contributed by atoms with Crippen molar-refractivity contribution in [2.45, 2.75) is 27.7 Å². The highest BCUT2D eigenvalue weighted by molar-refractivity contribution is 7.20. The topological polar surface area (TPSA) is 81.2 Å². The molecule has 3 rings (SSSR count). The van der Waals surface area contributed by atoms with Gasteiger partial charge in [-0.2, -0.15) is 0 Å². The minimum absolute atomic E-state index is 0.229. The third-order valence-electron chi connectivity index (χ3n) is 4.20. The van der Waals surface area contributed by atoms with Crippen molar-refractivity contribution in [3.05, 3.63) is 51.3 Å². The summed E-state index contributed by atoms with van der Waals surface area (Å²) in [6.07, 6.45) is 0. The van der Waals surface area contributed by atoms with E-state index in [9.17, 15) is 9.59 Å². The molecular weight excluding hydrogens is 350 g/mol. The third kappa shape index (κ3) is 3.17. The molecule has 0 spiro atoms. The Morgan fingerprint density at radius 3 is 2.54 bits per heavy atom. The van der Waals surface area contributed by atoms with Crippen LogP contribution in [0.3, 0.4) is 0 Å². The molecule has 0 radical (unpaired) electrons. The van der Waals surface area contributed by atoms with Gasteiger partial charge in [0.2, 0.25) is 0 Å². The molecule has 0 bridgehead atoms. The maximum atomic E-state index is 12.8. The fourth-order valence-corrected chi connectivity index (χ4v) is 4.04. The number of thiophene rings is 1. The Labute approximate surface area is 155 Å². The number of benzene rings is 1. The first-order valence-electron chi connectivity index (χ1n) is 8.06. The molecule has 0 aliphatic carbocycles. The van der Waals surface area contributed by atoms with E-state index in [1.807, 2.05) is 27.7 Å². The number of nitrogens with zero attached hydrogens (tertiary/aromatic N) is 2. The summed E-state index contributed by atoms with van der Waals surface area (Å²) in [5, 5.41) is 3.82. The molecule has 0 fully saturated rings. The summed E-state index contributed by atoms with van der Waals surface area (Å²) in [5.41, 5.74) is 3.55. The van der Waals surface area contributed by atoms with Crippen LogP contribution in [0, 0.1) is 27.7 Å². The average molecular weight is 369 g/mol. The number of hydrogen-bond donors (Lipinski definition) is 1. The number of nitrogens with one attached hydrogen (secondary N) is 1. The summed E-state index contributed by atoms with van der Waals surface area (Å²) in [5.74, 6) is 0.0115. The SMILES string of the molecule is COC(=O)c1ccc(C)c(NC(=O)c2sc3nc(C)nc(C)c3c2C)c1. The zero-order chi connectivity index (χ0) is 19.0. The van der Waals surface area contributed by atoms with E-state index >= 15 is 0 Å². The molecule has 134 valence electrons. The molecule has 26 heavy (non-hydrogen) atoms. The van der Waals surface area contributed by atoms with E-state index in [-0.39, 0.29) is 5.91 Å². The van der Waals surface area contributed by atoms with E-state index in [1.54, 1.807) is 18.2 Å². The highest BCUT2D eigenvalue weighted by Gasteiger charge is 2.19. The van der Waals surface area contributed by atoms with Crippen LogP contribution >= 0.6 is 11.3 Å². The summed E-state index contributed by atoms with van der Waals surface area (Å²) >= 11 is 1.35. The number of hydrogen-bond acceptors (Lipinski definition) is 6. The van der Waals surface area contributed by atoms with Crippen molar-refractivity contribution in [3.8, 4) is 0 Å². The summed E-state index contributed by atoms with van der Waals surface area (Å²) in [4.78, 5) is 34.8. The third-order valence-corrected chi connectivity index (χ3v) is 5.38. The molecule has 0 unspecified atom stereocenters. The quantitative estimate of drug-likeness (QED) is 0.707. The lowest BCUT2D eigenvalue weighted by molar-refractivity contribution is 0.0600. The molecule has 0 aliphatic heterocycles. The first kappa shape index (κ1) is 18.0. The second kappa shape index (κ2) is 6.84. The highest BCUT2D eigenvalue weighted by Crippen LogP contribution is 2.32. The van der Waals surface area contributed by atoms with E-state index in [1.165, 1.54) is 18.4 Å². The predicted octanol–water partition coefficient (Wildman–Crippen LogP) is 3.96. The van der Waals surface area contributed by atoms with Gasteiger partial charge in [0.25, 0.3) is 5.91 Å². The zero-order valence-electron chi connectivity index (χ0n) is 15.3. The van der Waals surface area contributed by atoms with Gasteiger partial charge in [-0.05, 0) is 51.0 Å². The van der Waals surface area contributed by atoms with E-state index in [0.717, 1.165) is 27.0 Å². The van der Waals surface area contributed by atoms with Gasteiger partial charge in [-0.1, -0.05) is 6.07 Å². The lowest BCUT2D eigenvalue weighted by atomic mass is 10.1. The van der Waals surface area contributed by atoms with Crippen molar-refractivity contribution >= 4 is 39.1 Å². The molecule has 1 aromatic carbocycles. The lowest BCUT2D eigenvalue weighted by Gasteiger charge is -2.10. The van der Waals surface area contributed by atoms with Crippen LogP contribution < -0.4 is 5.32 Å². The largest absolute Gasteiger partial charge is 0.465 e.